The number of alkyl halides is 6. The summed E-state index contributed by atoms with van der Waals surface area (Å²) in [5.41, 5.74) is 2.13. The van der Waals surface area contributed by atoms with Crippen LogP contribution in [0.4, 0.5) is 0 Å². The van der Waals surface area contributed by atoms with Crippen molar-refractivity contribution in [3.05, 3.63) is 93.0 Å². The van der Waals surface area contributed by atoms with Crippen LogP contribution in [0.5, 0.6) is 0 Å². The van der Waals surface area contributed by atoms with Gasteiger partial charge < -0.3 is 0 Å². The average Bonchev–Trinajstić information content (AvgIpc) is 3.28. The molecule has 70 heavy (non-hydrogen) atoms. The number of nitrogens with zero attached hydrogens (tertiary/aromatic N) is 4. The highest BCUT2D eigenvalue weighted by Gasteiger charge is 2.46. The second-order valence-corrected chi connectivity index (χ2v) is 25.3. The molecule has 0 aliphatic carbocycles. The first-order valence-corrected chi connectivity index (χ1v) is 28.0. The molecular weight excluding hydrogens is 1050 g/mol. The van der Waals surface area contributed by atoms with Gasteiger partial charge in [0.25, 0.3) is 23.6 Å². The molecule has 2 aliphatic heterocycles. The van der Waals surface area contributed by atoms with Gasteiger partial charge in [0.2, 0.25) is 0 Å². The Morgan fingerprint density at radius 2 is 0.743 bits per heavy atom. The first-order chi connectivity index (χ1) is 33.0. The van der Waals surface area contributed by atoms with E-state index in [1.54, 1.807) is 0 Å². The number of halogens is 6. The Labute approximate surface area is 453 Å². The van der Waals surface area contributed by atoms with Crippen LogP contribution >= 0.6 is 93.1 Å². The number of hydrogen-bond acceptors (Lipinski definition) is 8. The minimum Gasteiger partial charge on any atom is -0.274 e. The first-order valence-electron chi connectivity index (χ1n) is 23.7. The maximum absolute atomic E-state index is 15.1. The van der Waals surface area contributed by atoms with Crippen molar-refractivity contribution < 1.29 is 19.2 Å². The molecule has 0 fully saturated rings. The molecule has 4 amide bonds. The van der Waals surface area contributed by atoms with E-state index in [-0.39, 0.29) is 77.9 Å². The third-order valence-corrected chi connectivity index (χ3v) is 14.3. The summed E-state index contributed by atoms with van der Waals surface area (Å²) in [6, 6.07) is 20.5. The Balaban J connectivity index is 0.00000124. The molecule has 0 bridgehead atoms. The van der Waals surface area contributed by atoms with Gasteiger partial charge in [0, 0.05) is 43.4 Å². The van der Waals surface area contributed by atoms with E-state index in [2.05, 4.69) is 67.5 Å². The van der Waals surface area contributed by atoms with Crippen molar-refractivity contribution in [2.24, 2.45) is 0 Å². The highest BCUT2D eigenvalue weighted by Crippen LogP contribution is 2.51. The molecular formula is C54H62Cl6N4O4S2. The van der Waals surface area contributed by atoms with Gasteiger partial charge in [-0.2, -0.15) is 10.5 Å². The van der Waals surface area contributed by atoms with Crippen LogP contribution in [0, 0.1) is 22.7 Å². The summed E-state index contributed by atoms with van der Waals surface area (Å²) >= 11 is 31.2. The van der Waals surface area contributed by atoms with Crippen molar-refractivity contribution in [2.45, 2.75) is 171 Å². The molecule has 0 aromatic heterocycles. The molecule has 0 saturated heterocycles. The summed E-state index contributed by atoms with van der Waals surface area (Å²) in [6.45, 7) is 17.3. The van der Waals surface area contributed by atoms with Crippen LogP contribution in [-0.2, 0) is 10.8 Å². The van der Waals surface area contributed by atoms with Crippen molar-refractivity contribution in [2.75, 3.05) is 13.1 Å². The van der Waals surface area contributed by atoms with Gasteiger partial charge in [-0.25, -0.2) is 0 Å². The summed E-state index contributed by atoms with van der Waals surface area (Å²) in [5.74, 6) is -2.43. The summed E-state index contributed by atoms with van der Waals surface area (Å²) < 4.78 is -1.50. The fourth-order valence-electron chi connectivity index (χ4n) is 8.47. The van der Waals surface area contributed by atoms with Crippen molar-refractivity contribution in [3.63, 3.8) is 0 Å². The molecule has 2 heterocycles. The van der Waals surface area contributed by atoms with E-state index in [9.17, 15) is 20.1 Å². The van der Waals surface area contributed by atoms with E-state index in [1.807, 2.05) is 48.5 Å². The number of carbonyl (C=O) groups excluding carboxylic acids is 4. The summed E-state index contributed by atoms with van der Waals surface area (Å²) in [4.78, 5) is 64.5. The van der Waals surface area contributed by atoms with Crippen LogP contribution < -0.4 is 0 Å². The van der Waals surface area contributed by atoms with Crippen LogP contribution in [0.2, 0.25) is 0 Å². The Kier molecular flexibility index (Phi) is 23.1. The van der Waals surface area contributed by atoms with Gasteiger partial charge in [-0.3, -0.25) is 29.0 Å². The topological polar surface area (TPSA) is 122 Å². The van der Waals surface area contributed by atoms with E-state index in [0.29, 0.717) is 12.8 Å². The molecule has 0 spiro atoms. The third-order valence-electron chi connectivity index (χ3n) is 12.1. The lowest BCUT2D eigenvalue weighted by Crippen LogP contribution is -2.45. The van der Waals surface area contributed by atoms with Gasteiger partial charge >= 0.3 is 0 Å². The number of nitriles is 2. The minimum atomic E-state index is -0.750. The standard InChI is InChI=1S/C52H60N4O4S2.2CHCl3/c1-9-11-13-15-17-19-29-55-47(57)39-37(31-53)46(62-36-27-23-34(24-28-36)52(6,7)8)44-42-40(48(58)56(50(44)60)30-20-18-16-14-12-10-2)38(32-54)45(43(41(39)42)49(55)59)61-35-25-21-33(22-26-35)51(3,4)5;2*2-1(3)4/h21-28H,9-20,29-30H2,1-8H3;2*1H. The molecule has 0 unspecified atom stereocenters. The van der Waals surface area contributed by atoms with Crippen molar-refractivity contribution in [1.29, 1.82) is 10.5 Å². The van der Waals surface area contributed by atoms with E-state index in [4.69, 9.17) is 69.6 Å². The first kappa shape index (κ1) is 59.4. The molecule has 4 aromatic rings. The van der Waals surface area contributed by atoms with E-state index in [1.165, 1.54) is 33.3 Å². The lowest BCUT2D eigenvalue weighted by Gasteiger charge is -2.35. The number of benzene rings is 4. The molecule has 376 valence electrons. The SMILES string of the molecule is CCCCCCCCN1C(=O)c2c(C#N)c(Sc3ccc(C(C)(C)C)cc3)c3c4c(c(C#N)c(Sc5ccc(C(C)(C)C)cc5)c(c24)C1=O)C(=O)N(CCCCCCCC)C3=O.ClC(Cl)Cl.ClC(Cl)Cl. The van der Waals surface area contributed by atoms with Gasteiger partial charge in [-0.05, 0) is 59.1 Å². The second kappa shape index (κ2) is 27.2. The highest BCUT2D eigenvalue weighted by atomic mass is 35.6. The maximum atomic E-state index is 15.1. The molecule has 0 radical (unpaired) electrons. The van der Waals surface area contributed by atoms with Crippen LogP contribution in [0.25, 0.3) is 10.8 Å². The Hall–Kier alpha value is -3.16. The van der Waals surface area contributed by atoms with Gasteiger partial charge in [0.05, 0.1) is 33.4 Å². The number of unbranched alkanes of at least 4 members (excludes halogenated alkanes) is 10. The fourth-order valence-corrected chi connectivity index (χ4v) is 10.6. The quantitative estimate of drug-likeness (QED) is 0.0548. The van der Waals surface area contributed by atoms with Gasteiger partial charge in [-0.15, -0.1) is 0 Å². The predicted octanol–water partition coefficient (Wildman–Crippen LogP) is 17.4. The summed E-state index contributed by atoms with van der Waals surface area (Å²) in [7, 11) is 0. The van der Waals surface area contributed by atoms with Gasteiger partial charge in [0.1, 0.15) is 12.1 Å². The average molecular weight is 1110 g/mol. The van der Waals surface area contributed by atoms with E-state index < -0.39 is 32.2 Å². The number of carbonyl (C=O) groups is 4. The molecule has 16 heteroatoms. The summed E-state index contributed by atoms with van der Waals surface area (Å²) in [6.07, 6.45) is 11.2. The second-order valence-electron chi connectivity index (χ2n) is 19.2. The zero-order valence-corrected chi connectivity index (χ0v) is 47.3. The smallest absolute Gasteiger partial charge is 0.262 e. The highest BCUT2D eigenvalue weighted by molar-refractivity contribution is 7.99. The number of imide groups is 2. The monoisotopic (exact) mass is 1100 g/mol. The van der Waals surface area contributed by atoms with Crippen LogP contribution in [0.3, 0.4) is 0 Å². The zero-order valence-electron chi connectivity index (χ0n) is 41.2. The Bertz CT molecular complexity index is 2410. The lowest BCUT2D eigenvalue weighted by molar-refractivity contribution is 0.0582. The number of rotatable bonds is 18. The fraction of sp³-hybridized carbons (Fsp3) is 0.481. The molecule has 2 aliphatic rings. The lowest BCUT2D eigenvalue weighted by atomic mass is 9.81. The maximum Gasteiger partial charge on any atom is 0.262 e. The van der Waals surface area contributed by atoms with Crippen LogP contribution in [0.1, 0.15) is 196 Å². The predicted molar refractivity (Wildman–Crippen MR) is 292 cm³/mol. The largest absolute Gasteiger partial charge is 0.274 e. The molecule has 8 nitrogen and oxygen atoms in total. The normalized spacial score (nSPS) is 13.3. The molecule has 4 aromatic carbocycles. The van der Waals surface area contributed by atoms with Gasteiger partial charge in [-0.1, -0.05) is 237 Å². The zero-order chi connectivity index (χ0) is 52.1. The van der Waals surface area contributed by atoms with Crippen molar-refractivity contribution in [1.82, 2.24) is 9.80 Å². The van der Waals surface area contributed by atoms with Gasteiger partial charge in [0.15, 0.2) is 8.59 Å². The van der Waals surface area contributed by atoms with Crippen LogP contribution in [-0.4, -0.2) is 55.1 Å². The molecule has 0 N–H and O–H groups in total. The third kappa shape index (κ3) is 15.0. The Morgan fingerprint density at radius 3 is 1.01 bits per heavy atom. The molecule has 0 atom stereocenters. The number of amides is 4. The molecule has 6 rings (SSSR count). The van der Waals surface area contributed by atoms with E-state index >= 15 is 9.59 Å². The Morgan fingerprint density at radius 1 is 0.471 bits per heavy atom. The number of hydrogen-bond donors (Lipinski definition) is 0. The minimum absolute atomic E-state index is 0.00119. The van der Waals surface area contributed by atoms with Crippen molar-refractivity contribution >= 4 is 128 Å². The van der Waals surface area contributed by atoms with E-state index in [0.717, 1.165) is 85.1 Å². The van der Waals surface area contributed by atoms with Crippen LogP contribution in [0.15, 0.2) is 68.1 Å². The summed E-state index contributed by atoms with van der Waals surface area (Å²) in [5, 5.41) is 22.6. The molecule has 0 saturated carbocycles. The van der Waals surface area contributed by atoms with Crippen molar-refractivity contribution in [3.8, 4) is 12.1 Å².